The summed E-state index contributed by atoms with van der Waals surface area (Å²) in [5.41, 5.74) is 12.2. The second kappa shape index (κ2) is 5.89. The first-order chi connectivity index (χ1) is 9.34. The summed E-state index contributed by atoms with van der Waals surface area (Å²) in [6.07, 6.45) is 5.50. The van der Waals surface area contributed by atoms with E-state index in [9.17, 15) is 0 Å². The Morgan fingerprint density at radius 3 is 2.00 bits per heavy atom. The predicted octanol–water partition coefficient (Wildman–Crippen LogP) is 4.83. The molecule has 0 aromatic heterocycles. The van der Waals surface area contributed by atoms with Crippen molar-refractivity contribution in [2.75, 3.05) is 6.54 Å². The topological polar surface area (TPSA) is 26.0 Å². The van der Waals surface area contributed by atoms with Gasteiger partial charge in [0.15, 0.2) is 0 Å². The summed E-state index contributed by atoms with van der Waals surface area (Å²) in [6.45, 7) is 12.2. The maximum atomic E-state index is 6.15. The molecule has 1 heteroatoms. The molecule has 1 aliphatic rings. The minimum absolute atomic E-state index is 0.222. The van der Waals surface area contributed by atoms with Crippen molar-refractivity contribution in [1.29, 1.82) is 0 Å². The SMILES string of the molecule is Cc1cc(C(C)(C)C)cc(C)c1C(CN)C1CCCC1. The first-order valence-electron chi connectivity index (χ1n) is 8.16. The molecular formula is C19H31N. The van der Waals surface area contributed by atoms with Gasteiger partial charge >= 0.3 is 0 Å². The molecule has 2 N–H and O–H groups in total. The van der Waals surface area contributed by atoms with Crippen molar-refractivity contribution in [1.82, 2.24) is 0 Å². The van der Waals surface area contributed by atoms with Crippen molar-refractivity contribution in [3.05, 3.63) is 34.4 Å². The van der Waals surface area contributed by atoms with E-state index in [1.165, 1.54) is 47.9 Å². The van der Waals surface area contributed by atoms with Crippen LogP contribution in [0.4, 0.5) is 0 Å². The van der Waals surface area contributed by atoms with Gasteiger partial charge in [-0.15, -0.1) is 0 Å². The van der Waals surface area contributed by atoms with Crippen molar-refractivity contribution in [2.45, 2.75) is 71.6 Å². The fourth-order valence-corrected chi connectivity index (χ4v) is 3.90. The molecule has 0 saturated heterocycles. The monoisotopic (exact) mass is 273 g/mol. The second-order valence-electron chi connectivity index (χ2n) is 7.66. The molecule has 0 amide bonds. The van der Waals surface area contributed by atoms with Gasteiger partial charge in [-0.05, 0) is 72.7 Å². The standard InChI is InChI=1S/C19H31N/c1-13-10-16(19(3,4)5)11-14(2)18(13)17(12-20)15-8-6-7-9-15/h10-11,15,17H,6-9,12,20H2,1-5H3. The van der Waals surface area contributed by atoms with Gasteiger partial charge in [0.05, 0.1) is 0 Å². The third-order valence-electron chi connectivity index (χ3n) is 5.05. The van der Waals surface area contributed by atoms with E-state index in [4.69, 9.17) is 5.73 Å². The molecule has 1 aromatic rings. The lowest BCUT2D eigenvalue weighted by Crippen LogP contribution is -2.22. The molecule has 1 aliphatic carbocycles. The van der Waals surface area contributed by atoms with Gasteiger partial charge in [0, 0.05) is 0 Å². The molecule has 0 spiro atoms. The second-order valence-corrected chi connectivity index (χ2v) is 7.66. The van der Waals surface area contributed by atoms with Gasteiger partial charge in [0.1, 0.15) is 0 Å². The van der Waals surface area contributed by atoms with Crippen LogP contribution >= 0.6 is 0 Å². The van der Waals surface area contributed by atoms with E-state index in [-0.39, 0.29) is 5.41 Å². The van der Waals surface area contributed by atoms with Crippen LogP contribution in [0.1, 0.15) is 74.6 Å². The Morgan fingerprint density at radius 1 is 1.10 bits per heavy atom. The quantitative estimate of drug-likeness (QED) is 0.838. The number of nitrogens with two attached hydrogens (primary N) is 1. The summed E-state index contributed by atoms with van der Waals surface area (Å²) in [5.74, 6) is 1.37. The van der Waals surface area contributed by atoms with Crippen LogP contribution in [0.15, 0.2) is 12.1 Å². The van der Waals surface area contributed by atoms with Gasteiger partial charge in [0.25, 0.3) is 0 Å². The average Bonchev–Trinajstić information content (AvgIpc) is 2.85. The summed E-state index contributed by atoms with van der Waals surface area (Å²) in [6, 6.07) is 4.78. The predicted molar refractivity (Wildman–Crippen MR) is 88.4 cm³/mol. The Morgan fingerprint density at radius 2 is 1.60 bits per heavy atom. The highest BCUT2D eigenvalue weighted by Gasteiger charge is 2.28. The summed E-state index contributed by atoms with van der Waals surface area (Å²) >= 11 is 0. The van der Waals surface area contributed by atoms with Crippen LogP contribution < -0.4 is 5.73 Å². The molecule has 20 heavy (non-hydrogen) atoms. The highest BCUT2D eigenvalue weighted by Crippen LogP contribution is 2.40. The van der Waals surface area contributed by atoms with Crippen LogP contribution in [0.25, 0.3) is 0 Å². The van der Waals surface area contributed by atoms with Crippen molar-refractivity contribution < 1.29 is 0 Å². The molecule has 1 aromatic carbocycles. The van der Waals surface area contributed by atoms with E-state index in [0.717, 1.165) is 12.5 Å². The normalized spacial score (nSPS) is 18.5. The first-order valence-corrected chi connectivity index (χ1v) is 8.16. The van der Waals surface area contributed by atoms with Crippen LogP contribution in [0, 0.1) is 19.8 Å². The Balaban J connectivity index is 2.40. The molecule has 1 unspecified atom stereocenters. The maximum Gasteiger partial charge on any atom is -0.000530 e. The highest BCUT2D eigenvalue weighted by atomic mass is 14.6. The largest absolute Gasteiger partial charge is 0.330 e. The Kier molecular flexibility index (Phi) is 4.59. The molecule has 112 valence electrons. The summed E-state index contributed by atoms with van der Waals surface area (Å²) in [7, 11) is 0. The number of hydrogen-bond acceptors (Lipinski definition) is 1. The Labute approximate surface area is 125 Å². The minimum atomic E-state index is 0.222. The molecule has 1 saturated carbocycles. The minimum Gasteiger partial charge on any atom is -0.330 e. The van der Waals surface area contributed by atoms with Crippen LogP contribution in [0.2, 0.25) is 0 Å². The molecule has 0 radical (unpaired) electrons. The maximum absolute atomic E-state index is 6.15. The molecule has 0 bridgehead atoms. The van der Waals surface area contributed by atoms with E-state index in [1.54, 1.807) is 0 Å². The van der Waals surface area contributed by atoms with Gasteiger partial charge in [0.2, 0.25) is 0 Å². The van der Waals surface area contributed by atoms with E-state index < -0.39 is 0 Å². The van der Waals surface area contributed by atoms with Gasteiger partial charge in [-0.2, -0.15) is 0 Å². The zero-order valence-corrected chi connectivity index (χ0v) is 13.9. The molecule has 0 heterocycles. The van der Waals surface area contributed by atoms with Crippen LogP contribution in [-0.4, -0.2) is 6.54 Å². The van der Waals surface area contributed by atoms with Crippen LogP contribution in [0.5, 0.6) is 0 Å². The zero-order chi connectivity index (χ0) is 14.9. The fraction of sp³-hybridized carbons (Fsp3) is 0.684. The van der Waals surface area contributed by atoms with Gasteiger partial charge in [-0.25, -0.2) is 0 Å². The van der Waals surface area contributed by atoms with Crippen LogP contribution in [0.3, 0.4) is 0 Å². The number of hydrogen-bond donors (Lipinski definition) is 1. The first kappa shape index (κ1) is 15.6. The van der Waals surface area contributed by atoms with Crippen molar-refractivity contribution in [2.24, 2.45) is 11.7 Å². The fourth-order valence-electron chi connectivity index (χ4n) is 3.90. The lowest BCUT2D eigenvalue weighted by atomic mass is 9.77. The zero-order valence-electron chi connectivity index (χ0n) is 13.9. The summed E-state index contributed by atoms with van der Waals surface area (Å²) in [5, 5.41) is 0. The third-order valence-corrected chi connectivity index (χ3v) is 5.05. The van der Waals surface area contributed by atoms with E-state index in [1.807, 2.05) is 0 Å². The Bertz CT molecular complexity index is 438. The smallest absolute Gasteiger partial charge is 0.000530 e. The van der Waals surface area contributed by atoms with E-state index >= 15 is 0 Å². The lowest BCUT2D eigenvalue weighted by Gasteiger charge is -2.28. The van der Waals surface area contributed by atoms with Crippen molar-refractivity contribution >= 4 is 0 Å². The highest BCUT2D eigenvalue weighted by molar-refractivity contribution is 5.43. The van der Waals surface area contributed by atoms with Crippen molar-refractivity contribution in [3.8, 4) is 0 Å². The van der Waals surface area contributed by atoms with Gasteiger partial charge in [-0.3, -0.25) is 0 Å². The molecular weight excluding hydrogens is 242 g/mol. The molecule has 1 atom stereocenters. The Hall–Kier alpha value is -0.820. The summed E-state index contributed by atoms with van der Waals surface area (Å²) in [4.78, 5) is 0. The van der Waals surface area contributed by atoms with E-state index in [0.29, 0.717) is 5.92 Å². The van der Waals surface area contributed by atoms with Crippen LogP contribution in [-0.2, 0) is 5.41 Å². The van der Waals surface area contributed by atoms with Crippen molar-refractivity contribution in [3.63, 3.8) is 0 Å². The van der Waals surface area contributed by atoms with E-state index in [2.05, 4.69) is 46.8 Å². The van der Waals surface area contributed by atoms with Gasteiger partial charge < -0.3 is 5.73 Å². The molecule has 1 fully saturated rings. The number of rotatable bonds is 3. The number of benzene rings is 1. The summed E-state index contributed by atoms with van der Waals surface area (Å²) < 4.78 is 0. The average molecular weight is 273 g/mol. The number of aryl methyl sites for hydroxylation is 2. The molecule has 0 aliphatic heterocycles. The van der Waals surface area contributed by atoms with Gasteiger partial charge in [-0.1, -0.05) is 45.7 Å². The lowest BCUT2D eigenvalue weighted by molar-refractivity contribution is 0.437. The molecule has 1 nitrogen and oxygen atoms in total. The molecule has 2 rings (SSSR count). The third kappa shape index (κ3) is 3.09.